The number of rotatable bonds is 22. The number of unbranched alkanes of at least 4 members (excludes halogenated alkanes) is 12. The molecule has 0 radical (unpaired) electrons. The zero-order valence-electron chi connectivity index (χ0n) is 24.0. The Labute approximate surface area is 222 Å². The highest BCUT2D eigenvalue weighted by Gasteiger charge is 2.19. The van der Waals surface area contributed by atoms with Gasteiger partial charge >= 0.3 is 0 Å². The van der Waals surface area contributed by atoms with E-state index in [1.54, 1.807) is 18.3 Å². The summed E-state index contributed by atoms with van der Waals surface area (Å²) in [6.45, 7) is 12.0. The maximum absolute atomic E-state index is 13.3. The lowest BCUT2D eigenvalue weighted by molar-refractivity contribution is 0.0732. The van der Waals surface area contributed by atoms with Crippen molar-refractivity contribution in [2.45, 2.75) is 130 Å². The summed E-state index contributed by atoms with van der Waals surface area (Å²) < 4.78 is 0. The highest BCUT2D eigenvalue weighted by Crippen LogP contribution is 2.13. The van der Waals surface area contributed by atoms with Gasteiger partial charge in [0.25, 0.3) is 11.8 Å². The van der Waals surface area contributed by atoms with E-state index < -0.39 is 0 Å². The molecular formula is C31H55N3O2. The first kappa shape index (κ1) is 32.1. The summed E-state index contributed by atoms with van der Waals surface area (Å²) in [4.78, 5) is 35.0. The summed E-state index contributed by atoms with van der Waals surface area (Å²) in [6.07, 6.45) is 20.0. The molecule has 0 aromatic carbocycles. The van der Waals surface area contributed by atoms with Crippen LogP contribution in [0.3, 0.4) is 0 Å². The minimum Gasteiger partial charge on any atom is -0.339 e. The van der Waals surface area contributed by atoms with Crippen LogP contribution in [-0.2, 0) is 0 Å². The predicted molar refractivity (Wildman–Crippen MR) is 153 cm³/mol. The van der Waals surface area contributed by atoms with E-state index in [9.17, 15) is 9.59 Å². The van der Waals surface area contributed by atoms with E-state index in [4.69, 9.17) is 0 Å². The maximum Gasteiger partial charge on any atom is 0.272 e. The Hall–Kier alpha value is -1.91. The van der Waals surface area contributed by atoms with Gasteiger partial charge in [0.1, 0.15) is 5.69 Å². The number of pyridine rings is 1. The molecule has 1 heterocycles. The smallest absolute Gasteiger partial charge is 0.272 e. The van der Waals surface area contributed by atoms with Crippen LogP contribution in [-0.4, -0.2) is 52.8 Å². The Bertz CT molecular complexity index is 607. The van der Waals surface area contributed by atoms with Gasteiger partial charge in [-0.2, -0.15) is 0 Å². The third kappa shape index (κ3) is 13.4. The van der Waals surface area contributed by atoms with Crippen LogP contribution >= 0.6 is 0 Å². The van der Waals surface area contributed by atoms with Crippen molar-refractivity contribution >= 4 is 11.8 Å². The van der Waals surface area contributed by atoms with Crippen LogP contribution in [0.15, 0.2) is 18.3 Å². The van der Waals surface area contributed by atoms with Gasteiger partial charge < -0.3 is 9.80 Å². The lowest BCUT2D eigenvalue weighted by Crippen LogP contribution is -2.34. The molecule has 0 unspecified atom stereocenters. The summed E-state index contributed by atoms with van der Waals surface area (Å²) in [5.74, 6) is 0.0449. The van der Waals surface area contributed by atoms with E-state index in [1.165, 1.54) is 51.4 Å². The number of nitrogens with zero attached hydrogens (tertiary/aromatic N) is 3. The van der Waals surface area contributed by atoms with Crippen molar-refractivity contribution in [1.82, 2.24) is 14.8 Å². The average molecular weight is 502 g/mol. The molecule has 0 bridgehead atoms. The topological polar surface area (TPSA) is 53.5 Å². The number of hydrogen-bond acceptors (Lipinski definition) is 3. The van der Waals surface area contributed by atoms with Crippen molar-refractivity contribution in [3.63, 3.8) is 0 Å². The standard InChI is InChI=1S/C31H55N3O2/c1-5-9-13-17-23-33(24-18-14-10-6-2)30(35)28-21-22-29(32-27-28)31(36)34(25-19-15-11-7-3)26-20-16-12-8-4/h21-22,27H,5-20,23-26H2,1-4H3. The number of amides is 2. The van der Waals surface area contributed by atoms with Gasteiger partial charge in [0.2, 0.25) is 0 Å². The molecule has 36 heavy (non-hydrogen) atoms. The van der Waals surface area contributed by atoms with Crippen molar-refractivity contribution in [3.05, 3.63) is 29.6 Å². The zero-order chi connectivity index (χ0) is 26.4. The molecule has 0 spiro atoms. The second-order valence-electron chi connectivity index (χ2n) is 10.3. The maximum atomic E-state index is 13.3. The summed E-state index contributed by atoms with van der Waals surface area (Å²) in [6, 6.07) is 3.56. The number of carbonyl (C=O) groups is 2. The van der Waals surface area contributed by atoms with Crippen molar-refractivity contribution in [1.29, 1.82) is 0 Å². The molecule has 5 heteroatoms. The van der Waals surface area contributed by atoms with Gasteiger partial charge in [-0.15, -0.1) is 0 Å². The lowest BCUT2D eigenvalue weighted by atomic mass is 10.1. The van der Waals surface area contributed by atoms with Gasteiger partial charge in [0.15, 0.2) is 0 Å². The third-order valence-electron chi connectivity index (χ3n) is 6.93. The predicted octanol–water partition coefficient (Wildman–Crippen LogP) is 8.29. The van der Waals surface area contributed by atoms with Crippen LogP contribution in [0.4, 0.5) is 0 Å². The minimum absolute atomic E-state index is 0.00187. The van der Waals surface area contributed by atoms with Gasteiger partial charge in [-0.25, -0.2) is 0 Å². The van der Waals surface area contributed by atoms with Crippen LogP contribution in [0.1, 0.15) is 151 Å². The Morgan fingerprint density at radius 2 is 0.944 bits per heavy atom. The number of hydrogen-bond donors (Lipinski definition) is 0. The summed E-state index contributed by atoms with van der Waals surface area (Å²) in [5.41, 5.74) is 1.05. The molecule has 2 amide bonds. The Kier molecular flexibility index (Phi) is 18.9. The molecule has 1 aromatic rings. The second-order valence-corrected chi connectivity index (χ2v) is 10.3. The van der Waals surface area contributed by atoms with E-state index >= 15 is 0 Å². The molecule has 5 nitrogen and oxygen atoms in total. The molecule has 0 saturated carbocycles. The molecule has 0 aliphatic rings. The van der Waals surface area contributed by atoms with Crippen molar-refractivity contribution in [2.24, 2.45) is 0 Å². The van der Waals surface area contributed by atoms with Crippen molar-refractivity contribution in [3.8, 4) is 0 Å². The summed E-state index contributed by atoms with van der Waals surface area (Å²) in [5, 5.41) is 0. The molecule has 1 aromatic heterocycles. The van der Waals surface area contributed by atoms with Crippen LogP contribution in [0, 0.1) is 0 Å². The summed E-state index contributed by atoms with van der Waals surface area (Å²) in [7, 11) is 0. The van der Waals surface area contributed by atoms with E-state index in [0.29, 0.717) is 11.3 Å². The van der Waals surface area contributed by atoms with Crippen LogP contribution in [0.25, 0.3) is 0 Å². The van der Waals surface area contributed by atoms with Crippen molar-refractivity contribution < 1.29 is 9.59 Å². The highest BCUT2D eigenvalue weighted by atomic mass is 16.2. The molecule has 1 rings (SSSR count). The molecule has 0 N–H and O–H groups in total. The van der Waals surface area contributed by atoms with Crippen LogP contribution in [0.5, 0.6) is 0 Å². The lowest BCUT2D eigenvalue weighted by Gasteiger charge is -2.24. The Balaban J connectivity index is 2.82. The van der Waals surface area contributed by atoms with E-state index in [-0.39, 0.29) is 11.8 Å². The van der Waals surface area contributed by atoms with Crippen LogP contribution < -0.4 is 0 Å². The number of aromatic nitrogens is 1. The monoisotopic (exact) mass is 501 g/mol. The molecule has 0 aliphatic heterocycles. The third-order valence-corrected chi connectivity index (χ3v) is 6.93. The SMILES string of the molecule is CCCCCCN(CCCCCC)C(=O)c1ccc(C(=O)N(CCCCCC)CCCCCC)nc1. The van der Waals surface area contributed by atoms with Gasteiger partial charge in [-0.3, -0.25) is 14.6 Å². The zero-order valence-corrected chi connectivity index (χ0v) is 24.0. The first-order valence-corrected chi connectivity index (χ1v) is 15.1. The molecule has 0 aliphatic carbocycles. The fraction of sp³-hybridized carbons (Fsp3) is 0.774. The molecular weight excluding hydrogens is 446 g/mol. The molecule has 206 valence electrons. The number of carbonyl (C=O) groups excluding carboxylic acids is 2. The average Bonchev–Trinajstić information content (AvgIpc) is 2.90. The molecule has 0 fully saturated rings. The van der Waals surface area contributed by atoms with E-state index in [1.807, 2.05) is 9.80 Å². The van der Waals surface area contributed by atoms with E-state index in [0.717, 1.165) is 77.5 Å². The highest BCUT2D eigenvalue weighted by molar-refractivity contribution is 5.96. The minimum atomic E-state index is -0.00187. The first-order valence-electron chi connectivity index (χ1n) is 15.1. The van der Waals surface area contributed by atoms with Crippen molar-refractivity contribution in [2.75, 3.05) is 26.2 Å². The fourth-order valence-electron chi connectivity index (χ4n) is 4.54. The Morgan fingerprint density at radius 3 is 1.28 bits per heavy atom. The first-order chi connectivity index (χ1) is 17.6. The van der Waals surface area contributed by atoms with Gasteiger partial charge in [0, 0.05) is 32.4 Å². The van der Waals surface area contributed by atoms with E-state index in [2.05, 4.69) is 32.7 Å². The normalized spacial score (nSPS) is 11.0. The second kappa shape index (κ2) is 21.2. The Morgan fingerprint density at radius 1 is 0.556 bits per heavy atom. The quantitative estimate of drug-likeness (QED) is 0.150. The van der Waals surface area contributed by atoms with Gasteiger partial charge in [-0.1, -0.05) is 105 Å². The van der Waals surface area contributed by atoms with Gasteiger partial charge in [0.05, 0.1) is 5.56 Å². The molecule has 0 saturated heterocycles. The molecule has 0 atom stereocenters. The van der Waals surface area contributed by atoms with Crippen LogP contribution in [0.2, 0.25) is 0 Å². The largest absolute Gasteiger partial charge is 0.339 e. The summed E-state index contributed by atoms with van der Waals surface area (Å²) >= 11 is 0. The van der Waals surface area contributed by atoms with Gasteiger partial charge in [-0.05, 0) is 37.8 Å². The fourth-order valence-corrected chi connectivity index (χ4v) is 4.54.